The van der Waals surface area contributed by atoms with Crippen molar-refractivity contribution in [2.24, 2.45) is 7.05 Å². The van der Waals surface area contributed by atoms with Crippen LogP contribution in [-0.2, 0) is 13.6 Å². The molecule has 5 nitrogen and oxygen atoms in total. The molecule has 1 aromatic heterocycles. The molecule has 2 heterocycles. The summed E-state index contributed by atoms with van der Waals surface area (Å²) in [4.78, 5) is 15.1. The number of benzene rings is 2. The number of nitriles is 1. The lowest BCUT2D eigenvalue weighted by atomic mass is 10.0. The van der Waals surface area contributed by atoms with Crippen LogP contribution in [0.15, 0.2) is 59.4 Å². The SMILES string of the molecule is Cn1c(=O)c(C#N)c(NC2CCN(Cc3ccccc3)CC2)c2ccccc21. The molecule has 0 saturated carbocycles. The molecule has 0 bridgehead atoms. The fourth-order valence-electron chi connectivity index (χ4n) is 4.03. The number of anilines is 1. The molecule has 0 amide bonds. The van der Waals surface area contributed by atoms with Gasteiger partial charge in [0.1, 0.15) is 11.6 Å². The Bertz CT molecular complexity index is 1070. The van der Waals surface area contributed by atoms with Crippen LogP contribution in [-0.4, -0.2) is 28.6 Å². The number of nitrogens with one attached hydrogen (secondary N) is 1. The van der Waals surface area contributed by atoms with E-state index in [-0.39, 0.29) is 17.2 Å². The molecule has 1 aliphatic heterocycles. The quantitative estimate of drug-likeness (QED) is 0.762. The van der Waals surface area contributed by atoms with Gasteiger partial charge in [0.25, 0.3) is 5.56 Å². The van der Waals surface area contributed by atoms with Crippen molar-refractivity contribution in [3.05, 3.63) is 76.1 Å². The van der Waals surface area contributed by atoms with Crippen molar-refractivity contribution in [1.29, 1.82) is 5.26 Å². The Balaban J connectivity index is 1.53. The minimum Gasteiger partial charge on any atom is -0.380 e. The molecular formula is C23H24N4O. The Morgan fingerprint density at radius 2 is 1.75 bits per heavy atom. The van der Waals surface area contributed by atoms with E-state index in [4.69, 9.17) is 0 Å². The maximum absolute atomic E-state index is 12.6. The number of aromatic nitrogens is 1. The maximum Gasteiger partial charge on any atom is 0.270 e. The number of para-hydroxylation sites is 1. The van der Waals surface area contributed by atoms with Crippen LogP contribution in [0.5, 0.6) is 0 Å². The van der Waals surface area contributed by atoms with E-state index in [1.807, 2.05) is 30.3 Å². The van der Waals surface area contributed by atoms with Gasteiger partial charge in [0.2, 0.25) is 0 Å². The monoisotopic (exact) mass is 372 g/mol. The fraction of sp³-hybridized carbons (Fsp3) is 0.304. The topological polar surface area (TPSA) is 61.1 Å². The van der Waals surface area contributed by atoms with Gasteiger partial charge < -0.3 is 9.88 Å². The van der Waals surface area contributed by atoms with Crippen molar-refractivity contribution >= 4 is 16.6 Å². The van der Waals surface area contributed by atoms with E-state index in [0.717, 1.165) is 43.4 Å². The molecule has 1 N–H and O–H groups in total. The van der Waals surface area contributed by atoms with Crippen LogP contribution in [0.3, 0.4) is 0 Å². The molecule has 0 unspecified atom stereocenters. The Labute approximate surface area is 164 Å². The molecule has 3 aromatic rings. The van der Waals surface area contributed by atoms with Gasteiger partial charge in [-0.05, 0) is 24.5 Å². The summed E-state index contributed by atoms with van der Waals surface area (Å²) in [6.07, 6.45) is 1.97. The first-order valence-electron chi connectivity index (χ1n) is 9.72. The normalized spacial score (nSPS) is 15.4. The molecule has 0 aliphatic carbocycles. The van der Waals surface area contributed by atoms with Gasteiger partial charge in [-0.3, -0.25) is 9.69 Å². The predicted molar refractivity (Wildman–Crippen MR) is 112 cm³/mol. The van der Waals surface area contributed by atoms with Crippen molar-refractivity contribution < 1.29 is 0 Å². The van der Waals surface area contributed by atoms with Crippen molar-refractivity contribution in [2.45, 2.75) is 25.4 Å². The Morgan fingerprint density at radius 3 is 2.46 bits per heavy atom. The zero-order valence-electron chi connectivity index (χ0n) is 16.1. The number of likely N-dealkylation sites (tertiary alicyclic amines) is 1. The van der Waals surface area contributed by atoms with Gasteiger partial charge in [0.15, 0.2) is 0 Å². The zero-order valence-corrected chi connectivity index (χ0v) is 16.1. The summed E-state index contributed by atoms with van der Waals surface area (Å²) in [5.41, 5.74) is 2.81. The van der Waals surface area contributed by atoms with E-state index in [9.17, 15) is 10.1 Å². The first-order valence-corrected chi connectivity index (χ1v) is 9.72. The molecular weight excluding hydrogens is 348 g/mol. The van der Waals surface area contributed by atoms with Crippen molar-refractivity contribution in [1.82, 2.24) is 9.47 Å². The van der Waals surface area contributed by atoms with Crippen molar-refractivity contribution in [3.63, 3.8) is 0 Å². The summed E-state index contributed by atoms with van der Waals surface area (Å²) >= 11 is 0. The van der Waals surface area contributed by atoms with Gasteiger partial charge in [0, 0.05) is 38.1 Å². The highest BCUT2D eigenvalue weighted by atomic mass is 16.1. The molecule has 4 rings (SSSR count). The minimum atomic E-state index is -0.245. The highest BCUT2D eigenvalue weighted by molar-refractivity contribution is 5.94. The number of piperidine rings is 1. The first-order chi connectivity index (χ1) is 13.7. The first kappa shape index (κ1) is 18.3. The zero-order chi connectivity index (χ0) is 19.5. The van der Waals surface area contributed by atoms with Crippen LogP contribution >= 0.6 is 0 Å². The average Bonchev–Trinajstić information content (AvgIpc) is 2.74. The van der Waals surface area contributed by atoms with Gasteiger partial charge in [-0.25, -0.2) is 0 Å². The van der Waals surface area contributed by atoms with Gasteiger partial charge in [-0.2, -0.15) is 5.26 Å². The molecule has 28 heavy (non-hydrogen) atoms. The lowest BCUT2D eigenvalue weighted by Gasteiger charge is -2.33. The summed E-state index contributed by atoms with van der Waals surface area (Å²) in [6, 6.07) is 20.7. The molecule has 1 aliphatic rings. The van der Waals surface area contributed by atoms with E-state index in [0.29, 0.717) is 5.69 Å². The summed E-state index contributed by atoms with van der Waals surface area (Å²) in [5.74, 6) is 0. The molecule has 5 heteroatoms. The van der Waals surface area contributed by atoms with Crippen molar-refractivity contribution in [2.75, 3.05) is 18.4 Å². The Morgan fingerprint density at radius 1 is 1.07 bits per heavy atom. The third kappa shape index (κ3) is 3.51. The lowest BCUT2D eigenvalue weighted by molar-refractivity contribution is 0.211. The number of pyridine rings is 1. The van der Waals surface area contributed by atoms with E-state index in [1.165, 1.54) is 5.56 Å². The molecule has 2 aromatic carbocycles. The van der Waals surface area contributed by atoms with Gasteiger partial charge >= 0.3 is 0 Å². The van der Waals surface area contributed by atoms with Gasteiger partial charge in [-0.1, -0.05) is 48.5 Å². The van der Waals surface area contributed by atoms with Crippen molar-refractivity contribution in [3.8, 4) is 6.07 Å². The van der Waals surface area contributed by atoms with Crippen LogP contribution in [0.4, 0.5) is 5.69 Å². The van der Waals surface area contributed by atoms with E-state index < -0.39 is 0 Å². The van der Waals surface area contributed by atoms with E-state index >= 15 is 0 Å². The second-order valence-corrected chi connectivity index (χ2v) is 7.42. The molecule has 0 radical (unpaired) electrons. The van der Waals surface area contributed by atoms with Crippen LogP contribution < -0.4 is 10.9 Å². The Hall–Kier alpha value is -3.10. The number of nitrogens with zero attached hydrogens (tertiary/aromatic N) is 3. The van der Waals surface area contributed by atoms with E-state index in [2.05, 4.69) is 40.6 Å². The second kappa shape index (κ2) is 7.87. The van der Waals surface area contributed by atoms with Crippen LogP contribution in [0.25, 0.3) is 10.9 Å². The number of hydrogen-bond donors (Lipinski definition) is 1. The smallest absolute Gasteiger partial charge is 0.270 e. The summed E-state index contributed by atoms with van der Waals surface area (Å²) in [7, 11) is 1.72. The van der Waals surface area contributed by atoms with Gasteiger partial charge in [0.05, 0.1) is 11.2 Å². The van der Waals surface area contributed by atoms with Crippen LogP contribution in [0, 0.1) is 11.3 Å². The molecule has 142 valence electrons. The maximum atomic E-state index is 12.6. The van der Waals surface area contributed by atoms with Crippen LogP contribution in [0.2, 0.25) is 0 Å². The summed E-state index contributed by atoms with van der Waals surface area (Å²) < 4.78 is 1.56. The number of fused-ring (bicyclic) bond motifs is 1. The molecule has 0 spiro atoms. The predicted octanol–water partition coefficient (Wildman–Crippen LogP) is 3.49. The van der Waals surface area contributed by atoms with Gasteiger partial charge in [-0.15, -0.1) is 0 Å². The number of hydrogen-bond acceptors (Lipinski definition) is 4. The third-order valence-corrected chi connectivity index (χ3v) is 5.60. The number of aryl methyl sites for hydroxylation is 1. The lowest BCUT2D eigenvalue weighted by Crippen LogP contribution is -2.39. The van der Waals surface area contributed by atoms with Crippen LogP contribution in [0.1, 0.15) is 24.0 Å². The average molecular weight is 372 g/mol. The third-order valence-electron chi connectivity index (χ3n) is 5.60. The Kier molecular flexibility index (Phi) is 5.14. The summed E-state index contributed by atoms with van der Waals surface area (Å²) in [6.45, 7) is 2.96. The molecule has 1 saturated heterocycles. The molecule has 0 atom stereocenters. The fourth-order valence-corrected chi connectivity index (χ4v) is 4.03. The number of rotatable bonds is 4. The molecule has 1 fully saturated rings. The summed E-state index contributed by atoms with van der Waals surface area (Å²) in [5, 5.41) is 14.1. The highest BCUT2D eigenvalue weighted by Crippen LogP contribution is 2.27. The largest absolute Gasteiger partial charge is 0.380 e. The second-order valence-electron chi connectivity index (χ2n) is 7.42. The van der Waals surface area contributed by atoms with E-state index in [1.54, 1.807) is 11.6 Å². The standard InChI is InChI=1S/C23H24N4O/c1-26-21-10-6-5-9-19(21)22(20(15-24)23(26)28)25-18-11-13-27(14-12-18)16-17-7-3-2-4-8-17/h2-10,18,25H,11-14,16H2,1H3. The minimum absolute atomic E-state index is 0.202. The highest BCUT2D eigenvalue weighted by Gasteiger charge is 2.22.